The SMILES string of the molecule is CN(C)c1ccncc1CNC[C@@H](c1ccco1)N1CCCC1. The first-order chi connectivity index (χ1) is 11.3. The van der Waals surface area contributed by atoms with Crippen LogP contribution < -0.4 is 10.2 Å². The molecule has 0 aromatic carbocycles. The minimum Gasteiger partial charge on any atom is -0.468 e. The molecule has 5 heteroatoms. The van der Waals surface area contributed by atoms with E-state index in [9.17, 15) is 0 Å². The van der Waals surface area contributed by atoms with Gasteiger partial charge in [-0.2, -0.15) is 0 Å². The van der Waals surface area contributed by atoms with Crippen LogP contribution in [0.5, 0.6) is 0 Å². The molecule has 2 aromatic heterocycles. The van der Waals surface area contributed by atoms with Crippen LogP contribution in [0.25, 0.3) is 0 Å². The Morgan fingerprint density at radius 3 is 2.83 bits per heavy atom. The van der Waals surface area contributed by atoms with Crippen molar-refractivity contribution in [1.82, 2.24) is 15.2 Å². The molecule has 0 radical (unpaired) electrons. The van der Waals surface area contributed by atoms with Gasteiger partial charge in [-0.05, 0) is 44.1 Å². The molecule has 0 amide bonds. The molecule has 1 aliphatic heterocycles. The second kappa shape index (κ2) is 7.62. The van der Waals surface area contributed by atoms with E-state index in [4.69, 9.17) is 4.42 Å². The van der Waals surface area contributed by atoms with Crippen molar-refractivity contribution in [2.75, 3.05) is 38.6 Å². The molecule has 0 aliphatic carbocycles. The van der Waals surface area contributed by atoms with Crippen LogP contribution in [0.3, 0.4) is 0 Å². The number of anilines is 1. The first-order valence-electron chi connectivity index (χ1n) is 8.34. The molecule has 1 N–H and O–H groups in total. The Kier molecular flexibility index (Phi) is 5.31. The highest BCUT2D eigenvalue weighted by molar-refractivity contribution is 5.50. The van der Waals surface area contributed by atoms with Crippen LogP contribution in [0.4, 0.5) is 5.69 Å². The van der Waals surface area contributed by atoms with Gasteiger partial charge in [0.25, 0.3) is 0 Å². The van der Waals surface area contributed by atoms with Crippen molar-refractivity contribution in [2.45, 2.75) is 25.4 Å². The normalized spacial score (nSPS) is 16.6. The Morgan fingerprint density at radius 1 is 1.30 bits per heavy atom. The molecule has 23 heavy (non-hydrogen) atoms. The van der Waals surface area contributed by atoms with Crippen molar-refractivity contribution in [3.05, 3.63) is 48.2 Å². The van der Waals surface area contributed by atoms with Gasteiger partial charge in [-0.1, -0.05) is 0 Å². The molecule has 0 bridgehead atoms. The third-order valence-corrected chi connectivity index (χ3v) is 4.47. The zero-order chi connectivity index (χ0) is 16.1. The van der Waals surface area contributed by atoms with E-state index in [1.165, 1.54) is 24.1 Å². The average molecular weight is 314 g/mol. The second-order valence-electron chi connectivity index (χ2n) is 6.30. The Bertz CT molecular complexity index is 591. The lowest BCUT2D eigenvalue weighted by molar-refractivity contribution is 0.209. The fourth-order valence-electron chi connectivity index (χ4n) is 3.28. The maximum Gasteiger partial charge on any atom is 0.122 e. The Labute approximate surface area is 138 Å². The molecule has 0 spiro atoms. The summed E-state index contributed by atoms with van der Waals surface area (Å²) >= 11 is 0. The van der Waals surface area contributed by atoms with Crippen LogP contribution in [-0.2, 0) is 6.54 Å². The van der Waals surface area contributed by atoms with Crippen molar-refractivity contribution in [3.63, 3.8) is 0 Å². The first kappa shape index (κ1) is 16.0. The predicted octanol–water partition coefficient (Wildman–Crippen LogP) is 2.67. The smallest absolute Gasteiger partial charge is 0.122 e. The number of likely N-dealkylation sites (tertiary alicyclic amines) is 1. The molecule has 0 unspecified atom stereocenters. The summed E-state index contributed by atoms with van der Waals surface area (Å²) in [5.41, 5.74) is 2.43. The van der Waals surface area contributed by atoms with Crippen molar-refractivity contribution >= 4 is 5.69 Å². The maximum absolute atomic E-state index is 5.67. The van der Waals surface area contributed by atoms with Crippen LogP contribution in [-0.4, -0.2) is 43.6 Å². The molecule has 2 aromatic rings. The quantitative estimate of drug-likeness (QED) is 0.851. The molecular formula is C18H26N4O. The maximum atomic E-state index is 5.67. The molecule has 3 rings (SSSR count). The highest BCUT2D eigenvalue weighted by Crippen LogP contribution is 2.25. The lowest BCUT2D eigenvalue weighted by Crippen LogP contribution is -2.34. The number of rotatable bonds is 7. The van der Waals surface area contributed by atoms with E-state index in [-0.39, 0.29) is 0 Å². The van der Waals surface area contributed by atoms with E-state index in [0.717, 1.165) is 31.9 Å². The van der Waals surface area contributed by atoms with Gasteiger partial charge in [-0.3, -0.25) is 9.88 Å². The fourth-order valence-corrected chi connectivity index (χ4v) is 3.28. The van der Waals surface area contributed by atoms with Gasteiger partial charge in [0.05, 0.1) is 12.3 Å². The van der Waals surface area contributed by atoms with E-state index in [1.54, 1.807) is 6.26 Å². The van der Waals surface area contributed by atoms with Crippen molar-refractivity contribution < 1.29 is 4.42 Å². The minimum absolute atomic E-state index is 0.312. The number of nitrogens with zero attached hydrogens (tertiary/aromatic N) is 3. The number of nitrogens with one attached hydrogen (secondary N) is 1. The molecule has 1 fully saturated rings. The average Bonchev–Trinajstić information content (AvgIpc) is 3.25. The highest BCUT2D eigenvalue weighted by atomic mass is 16.3. The predicted molar refractivity (Wildman–Crippen MR) is 92.5 cm³/mol. The van der Waals surface area contributed by atoms with E-state index in [0.29, 0.717) is 6.04 Å². The minimum atomic E-state index is 0.312. The second-order valence-corrected chi connectivity index (χ2v) is 6.30. The molecular weight excluding hydrogens is 288 g/mol. The highest BCUT2D eigenvalue weighted by Gasteiger charge is 2.25. The lowest BCUT2D eigenvalue weighted by atomic mass is 10.1. The third-order valence-electron chi connectivity index (χ3n) is 4.47. The van der Waals surface area contributed by atoms with Crippen LogP contribution in [0.15, 0.2) is 41.3 Å². The zero-order valence-electron chi connectivity index (χ0n) is 14.0. The van der Waals surface area contributed by atoms with E-state index < -0.39 is 0 Å². The van der Waals surface area contributed by atoms with E-state index in [1.807, 2.05) is 18.5 Å². The van der Waals surface area contributed by atoms with Gasteiger partial charge in [0.2, 0.25) is 0 Å². The largest absolute Gasteiger partial charge is 0.468 e. The van der Waals surface area contributed by atoms with Crippen LogP contribution >= 0.6 is 0 Å². The Balaban J connectivity index is 1.63. The summed E-state index contributed by atoms with van der Waals surface area (Å²) in [5, 5.41) is 3.59. The third kappa shape index (κ3) is 3.92. The summed E-state index contributed by atoms with van der Waals surface area (Å²) in [6.45, 7) is 4.01. The number of aromatic nitrogens is 1. The standard InChI is InChI=1S/C18H26N4O/c1-21(2)16-7-8-19-12-15(16)13-20-14-17(18-6-5-11-23-18)22-9-3-4-10-22/h5-8,11-12,17,20H,3-4,9-10,13-14H2,1-2H3/t17-/m0/s1. The molecule has 5 nitrogen and oxygen atoms in total. The van der Waals surface area contributed by atoms with E-state index in [2.05, 4.69) is 46.3 Å². The van der Waals surface area contributed by atoms with Crippen molar-refractivity contribution in [3.8, 4) is 0 Å². The molecule has 1 saturated heterocycles. The summed E-state index contributed by atoms with van der Waals surface area (Å²) in [5.74, 6) is 1.05. The zero-order valence-corrected chi connectivity index (χ0v) is 14.0. The summed E-state index contributed by atoms with van der Waals surface area (Å²) in [7, 11) is 4.13. The van der Waals surface area contributed by atoms with Crippen LogP contribution in [0, 0.1) is 0 Å². The van der Waals surface area contributed by atoms with Gasteiger partial charge in [0.1, 0.15) is 5.76 Å². The molecule has 1 aliphatic rings. The van der Waals surface area contributed by atoms with Gasteiger partial charge in [0, 0.05) is 50.8 Å². The molecule has 1 atom stereocenters. The van der Waals surface area contributed by atoms with Gasteiger partial charge >= 0.3 is 0 Å². The van der Waals surface area contributed by atoms with Gasteiger partial charge in [0.15, 0.2) is 0 Å². The summed E-state index contributed by atoms with van der Waals surface area (Å²) in [6, 6.07) is 6.43. The van der Waals surface area contributed by atoms with E-state index >= 15 is 0 Å². The Morgan fingerprint density at radius 2 is 2.13 bits per heavy atom. The lowest BCUT2D eigenvalue weighted by Gasteiger charge is -2.26. The molecule has 124 valence electrons. The van der Waals surface area contributed by atoms with Gasteiger partial charge in [-0.25, -0.2) is 0 Å². The number of furan rings is 1. The number of pyridine rings is 1. The Hall–Kier alpha value is -1.85. The summed E-state index contributed by atoms with van der Waals surface area (Å²) in [6.07, 6.45) is 8.12. The topological polar surface area (TPSA) is 44.5 Å². The monoisotopic (exact) mass is 314 g/mol. The van der Waals surface area contributed by atoms with Gasteiger partial charge < -0.3 is 14.6 Å². The summed E-state index contributed by atoms with van der Waals surface area (Å²) in [4.78, 5) is 8.90. The fraction of sp³-hybridized carbons (Fsp3) is 0.500. The van der Waals surface area contributed by atoms with Crippen molar-refractivity contribution in [2.24, 2.45) is 0 Å². The first-order valence-corrected chi connectivity index (χ1v) is 8.34. The molecule has 0 saturated carbocycles. The number of hydrogen-bond acceptors (Lipinski definition) is 5. The number of hydrogen-bond donors (Lipinski definition) is 1. The summed E-state index contributed by atoms with van der Waals surface area (Å²) < 4.78 is 5.67. The van der Waals surface area contributed by atoms with Gasteiger partial charge in [-0.15, -0.1) is 0 Å². The van der Waals surface area contributed by atoms with Crippen molar-refractivity contribution in [1.29, 1.82) is 0 Å². The van der Waals surface area contributed by atoms with Crippen LogP contribution in [0.1, 0.15) is 30.2 Å². The van der Waals surface area contributed by atoms with Crippen LogP contribution in [0.2, 0.25) is 0 Å². The molecule has 3 heterocycles.